The molecule has 1 heteroatoms. The summed E-state index contributed by atoms with van der Waals surface area (Å²) in [6.07, 6.45) is 17.3. The summed E-state index contributed by atoms with van der Waals surface area (Å²) in [4.78, 5) is 0. The second-order valence-corrected chi connectivity index (χ2v) is 6.88. The summed E-state index contributed by atoms with van der Waals surface area (Å²) in [5.74, 6) is 2.60. The van der Waals surface area contributed by atoms with E-state index >= 15 is 0 Å². The molecule has 0 saturated heterocycles. The van der Waals surface area contributed by atoms with Crippen LogP contribution >= 0.6 is 0 Å². The Kier molecular flexibility index (Phi) is 2.51. The van der Waals surface area contributed by atoms with Crippen LogP contribution in [0, 0.1) is 0 Å². The van der Waals surface area contributed by atoms with Gasteiger partial charge in [-0.1, -0.05) is 85.0 Å². The standard InChI is InChI=1S/C24H16O/c1-2-8-16(7-1)23-21-18-13-5-11-15-12-6-14-19(20(15)18)22(21)24(25-23)17-9-3-4-10-17/h1-14,16-17H. The smallest absolute Gasteiger partial charge is 0.123 e. The average molecular weight is 320 g/mol. The van der Waals surface area contributed by atoms with Gasteiger partial charge in [-0.05, 0) is 21.9 Å². The highest BCUT2D eigenvalue weighted by Crippen LogP contribution is 2.55. The van der Waals surface area contributed by atoms with Gasteiger partial charge in [0.2, 0.25) is 0 Å². The Morgan fingerprint density at radius 1 is 0.600 bits per heavy atom. The highest BCUT2D eigenvalue weighted by molar-refractivity contribution is 6.16. The third-order valence-electron chi connectivity index (χ3n) is 5.51. The van der Waals surface area contributed by atoms with Crippen molar-refractivity contribution in [2.45, 2.75) is 11.8 Å². The summed E-state index contributed by atoms with van der Waals surface area (Å²) in [7, 11) is 0. The van der Waals surface area contributed by atoms with Gasteiger partial charge in [0, 0.05) is 11.1 Å². The second kappa shape index (κ2) is 4.73. The van der Waals surface area contributed by atoms with Crippen LogP contribution in [-0.2, 0) is 0 Å². The Balaban J connectivity index is 1.73. The summed E-state index contributed by atoms with van der Waals surface area (Å²) >= 11 is 0. The molecule has 3 aliphatic rings. The van der Waals surface area contributed by atoms with Crippen molar-refractivity contribution >= 4 is 10.8 Å². The third-order valence-corrected chi connectivity index (χ3v) is 5.51. The van der Waals surface area contributed by atoms with Gasteiger partial charge < -0.3 is 4.42 Å². The number of allylic oxidation sites excluding steroid dienone is 8. The van der Waals surface area contributed by atoms with Gasteiger partial charge in [0.05, 0.1) is 11.8 Å². The van der Waals surface area contributed by atoms with E-state index in [0.717, 1.165) is 11.5 Å². The van der Waals surface area contributed by atoms with Crippen molar-refractivity contribution < 1.29 is 4.42 Å². The summed E-state index contributed by atoms with van der Waals surface area (Å²) in [5.41, 5.74) is 5.20. The van der Waals surface area contributed by atoms with Gasteiger partial charge in [0.25, 0.3) is 0 Å². The first kappa shape index (κ1) is 13.3. The predicted molar refractivity (Wildman–Crippen MR) is 103 cm³/mol. The zero-order chi connectivity index (χ0) is 16.4. The molecule has 0 spiro atoms. The lowest BCUT2D eigenvalue weighted by Crippen LogP contribution is -1.90. The summed E-state index contributed by atoms with van der Waals surface area (Å²) in [5, 5.41) is 2.67. The van der Waals surface area contributed by atoms with Crippen molar-refractivity contribution in [2.24, 2.45) is 0 Å². The van der Waals surface area contributed by atoms with E-state index in [0.29, 0.717) is 0 Å². The SMILES string of the molecule is C1=CC(c2oc(C3C=CC=C3)c3c2-c2cccc4cccc-3c24)C=C1. The van der Waals surface area contributed by atoms with Gasteiger partial charge in [-0.15, -0.1) is 0 Å². The summed E-state index contributed by atoms with van der Waals surface area (Å²) < 4.78 is 6.54. The molecule has 1 heterocycles. The molecule has 0 amide bonds. The Labute approximate surface area is 146 Å². The second-order valence-electron chi connectivity index (χ2n) is 6.88. The molecule has 6 rings (SSSR count). The number of furan rings is 1. The van der Waals surface area contributed by atoms with Crippen LogP contribution < -0.4 is 0 Å². The van der Waals surface area contributed by atoms with Crippen LogP contribution in [0.3, 0.4) is 0 Å². The molecular weight excluding hydrogens is 304 g/mol. The highest BCUT2D eigenvalue weighted by Gasteiger charge is 2.34. The highest BCUT2D eigenvalue weighted by atomic mass is 16.3. The Morgan fingerprint density at radius 2 is 1.08 bits per heavy atom. The first-order valence-electron chi connectivity index (χ1n) is 8.81. The summed E-state index contributed by atoms with van der Waals surface area (Å²) in [6, 6.07) is 13.2. The Hall–Kier alpha value is -3.06. The van der Waals surface area contributed by atoms with Crippen LogP contribution in [0.15, 0.2) is 89.4 Å². The van der Waals surface area contributed by atoms with Gasteiger partial charge in [0.1, 0.15) is 11.5 Å². The molecule has 3 aliphatic carbocycles. The molecule has 0 bridgehead atoms. The molecule has 0 atom stereocenters. The number of fused-ring (bicyclic) bond motifs is 3. The molecule has 3 aromatic rings. The van der Waals surface area contributed by atoms with Crippen LogP contribution in [-0.4, -0.2) is 0 Å². The third kappa shape index (κ3) is 1.68. The fraction of sp³-hybridized carbons (Fsp3) is 0.0833. The first-order chi connectivity index (χ1) is 12.4. The number of hydrogen-bond acceptors (Lipinski definition) is 1. The van der Waals surface area contributed by atoms with E-state index in [1.807, 2.05) is 0 Å². The van der Waals surface area contributed by atoms with Gasteiger partial charge in [-0.3, -0.25) is 0 Å². The molecule has 1 nitrogen and oxygen atoms in total. The lowest BCUT2D eigenvalue weighted by atomic mass is 9.96. The molecule has 0 saturated carbocycles. The van der Waals surface area contributed by atoms with Crippen molar-refractivity contribution in [3.8, 4) is 22.3 Å². The van der Waals surface area contributed by atoms with Crippen molar-refractivity contribution in [2.75, 3.05) is 0 Å². The van der Waals surface area contributed by atoms with E-state index in [4.69, 9.17) is 4.42 Å². The van der Waals surface area contributed by atoms with Crippen LogP contribution in [0.1, 0.15) is 23.4 Å². The average Bonchev–Trinajstić information content (AvgIpc) is 3.42. The zero-order valence-corrected chi connectivity index (χ0v) is 13.6. The minimum absolute atomic E-state index is 0.224. The number of hydrogen-bond donors (Lipinski definition) is 0. The molecule has 0 aliphatic heterocycles. The van der Waals surface area contributed by atoms with Gasteiger partial charge in [0.15, 0.2) is 0 Å². The van der Waals surface area contributed by atoms with Gasteiger partial charge in [-0.2, -0.15) is 0 Å². The van der Waals surface area contributed by atoms with Crippen LogP contribution in [0.25, 0.3) is 33.0 Å². The fourth-order valence-corrected chi connectivity index (χ4v) is 4.44. The van der Waals surface area contributed by atoms with Gasteiger partial charge in [-0.25, -0.2) is 0 Å². The topological polar surface area (TPSA) is 13.1 Å². The minimum Gasteiger partial charge on any atom is -0.463 e. The monoisotopic (exact) mass is 320 g/mol. The van der Waals surface area contributed by atoms with E-state index in [-0.39, 0.29) is 11.8 Å². The molecule has 0 N–H and O–H groups in total. The lowest BCUT2D eigenvalue weighted by Gasteiger charge is -2.09. The number of rotatable bonds is 2. The van der Waals surface area contributed by atoms with E-state index in [2.05, 4.69) is 85.0 Å². The summed E-state index contributed by atoms with van der Waals surface area (Å²) in [6.45, 7) is 0. The molecule has 0 fully saturated rings. The zero-order valence-electron chi connectivity index (χ0n) is 13.6. The van der Waals surface area contributed by atoms with E-state index in [1.54, 1.807) is 0 Å². The van der Waals surface area contributed by atoms with Crippen molar-refractivity contribution in [3.05, 3.63) is 96.5 Å². The molecular formula is C24H16O. The van der Waals surface area contributed by atoms with Crippen LogP contribution in [0.2, 0.25) is 0 Å². The van der Waals surface area contributed by atoms with Crippen molar-refractivity contribution in [1.82, 2.24) is 0 Å². The molecule has 25 heavy (non-hydrogen) atoms. The van der Waals surface area contributed by atoms with Crippen LogP contribution in [0.5, 0.6) is 0 Å². The van der Waals surface area contributed by atoms with Gasteiger partial charge >= 0.3 is 0 Å². The van der Waals surface area contributed by atoms with Crippen molar-refractivity contribution in [3.63, 3.8) is 0 Å². The largest absolute Gasteiger partial charge is 0.463 e. The van der Waals surface area contributed by atoms with E-state index in [1.165, 1.54) is 33.0 Å². The molecule has 0 unspecified atom stereocenters. The maximum absolute atomic E-state index is 6.54. The maximum Gasteiger partial charge on any atom is 0.123 e. The quantitative estimate of drug-likeness (QED) is 0.411. The maximum atomic E-state index is 6.54. The normalized spacial score (nSPS) is 17.4. The van der Waals surface area contributed by atoms with E-state index in [9.17, 15) is 0 Å². The number of benzene rings is 2. The first-order valence-corrected chi connectivity index (χ1v) is 8.81. The predicted octanol–water partition coefficient (Wildman–Crippen LogP) is 6.50. The molecule has 0 radical (unpaired) electrons. The Bertz CT molecular complexity index is 1040. The van der Waals surface area contributed by atoms with E-state index < -0.39 is 0 Å². The fourth-order valence-electron chi connectivity index (χ4n) is 4.44. The lowest BCUT2D eigenvalue weighted by molar-refractivity contribution is 0.467. The van der Waals surface area contributed by atoms with Crippen molar-refractivity contribution in [1.29, 1.82) is 0 Å². The minimum atomic E-state index is 0.224. The van der Waals surface area contributed by atoms with Crippen LogP contribution in [0.4, 0.5) is 0 Å². The molecule has 118 valence electrons. The Morgan fingerprint density at radius 3 is 1.56 bits per heavy atom. The molecule has 1 aromatic heterocycles. The molecule has 2 aromatic carbocycles.